The summed E-state index contributed by atoms with van der Waals surface area (Å²) >= 11 is 5.96. The molecule has 3 rings (SSSR count). The number of fused-ring (bicyclic) bond motifs is 1. The normalized spacial score (nSPS) is 17.1. The molecule has 3 nitrogen and oxygen atoms in total. The highest BCUT2D eigenvalue weighted by Crippen LogP contribution is 2.35. The summed E-state index contributed by atoms with van der Waals surface area (Å²) in [6, 6.07) is 3.15. The van der Waals surface area contributed by atoms with Crippen molar-refractivity contribution in [2.75, 3.05) is 24.5 Å². The molecule has 0 aliphatic carbocycles. The Hall–Kier alpha value is -1.39. The Morgan fingerprint density at radius 3 is 3.05 bits per heavy atom. The van der Waals surface area contributed by atoms with Gasteiger partial charge >= 0.3 is 0 Å². The fourth-order valence-corrected chi connectivity index (χ4v) is 2.59. The first-order chi connectivity index (χ1) is 9.20. The molecule has 0 saturated carbocycles. The highest BCUT2D eigenvalue weighted by Gasteiger charge is 2.20. The van der Waals surface area contributed by atoms with E-state index in [2.05, 4.69) is 10.2 Å². The Labute approximate surface area is 127 Å². The molecule has 6 heteroatoms. The number of nitrogens with one attached hydrogen (secondary N) is 1. The molecule has 1 fully saturated rings. The number of hydrogen-bond acceptors (Lipinski definition) is 3. The number of piperazine rings is 1. The molecular formula is C14H15Cl2FN2O. The molecule has 0 bridgehead atoms. The topological polar surface area (TPSA) is 28.4 Å². The smallest absolute Gasteiger partial charge is 0.158 e. The van der Waals surface area contributed by atoms with Crippen LogP contribution in [0, 0.1) is 5.82 Å². The third-order valence-electron chi connectivity index (χ3n) is 3.39. The van der Waals surface area contributed by atoms with Crippen molar-refractivity contribution in [3.8, 4) is 0 Å². The molecule has 0 amide bonds. The summed E-state index contributed by atoms with van der Waals surface area (Å²) in [5, 5.41) is 4.05. The van der Waals surface area contributed by atoms with E-state index >= 15 is 0 Å². The Morgan fingerprint density at radius 1 is 1.50 bits per heavy atom. The van der Waals surface area contributed by atoms with Crippen molar-refractivity contribution in [1.82, 2.24) is 5.32 Å². The molecule has 0 atom stereocenters. The van der Waals surface area contributed by atoms with Crippen LogP contribution in [-0.2, 0) is 0 Å². The number of rotatable bonds is 1. The Kier molecular flexibility index (Phi) is 4.45. The van der Waals surface area contributed by atoms with Gasteiger partial charge in [-0.05, 0) is 13.0 Å². The van der Waals surface area contributed by atoms with Gasteiger partial charge in [-0.1, -0.05) is 17.7 Å². The van der Waals surface area contributed by atoms with Gasteiger partial charge in [-0.25, -0.2) is 4.39 Å². The first-order valence-corrected chi connectivity index (χ1v) is 6.57. The predicted octanol–water partition coefficient (Wildman–Crippen LogP) is 3.96. The van der Waals surface area contributed by atoms with Gasteiger partial charge in [0.1, 0.15) is 5.82 Å². The van der Waals surface area contributed by atoms with Gasteiger partial charge in [0, 0.05) is 30.2 Å². The van der Waals surface area contributed by atoms with Gasteiger partial charge in [0.15, 0.2) is 5.58 Å². The molecule has 2 heterocycles. The summed E-state index contributed by atoms with van der Waals surface area (Å²) in [5.41, 5.74) is 2.52. The lowest BCUT2D eigenvalue weighted by Crippen LogP contribution is -2.42. The second kappa shape index (κ2) is 5.94. The van der Waals surface area contributed by atoms with Gasteiger partial charge < -0.3 is 14.6 Å². The van der Waals surface area contributed by atoms with Crippen LogP contribution < -0.4 is 10.2 Å². The first kappa shape index (κ1) is 15.0. The molecule has 1 aliphatic heterocycles. The zero-order valence-corrected chi connectivity index (χ0v) is 12.5. The Balaban J connectivity index is 0.00000147. The van der Waals surface area contributed by atoms with Crippen molar-refractivity contribution < 1.29 is 8.81 Å². The van der Waals surface area contributed by atoms with Gasteiger partial charge in [0.05, 0.1) is 23.5 Å². The fraction of sp³-hybridized carbons (Fsp3) is 0.286. The molecule has 1 aromatic heterocycles. The number of anilines is 1. The van der Waals surface area contributed by atoms with Crippen LogP contribution in [0.15, 0.2) is 34.6 Å². The van der Waals surface area contributed by atoms with E-state index < -0.39 is 5.82 Å². The van der Waals surface area contributed by atoms with E-state index in [-0.39, 0.29) is 17.4 Å². The second-order valence-corrected chi connectivity index (χ2v) is 4.90. The van der Waals surface area contributed by atoms with Gasteiger partial charge in [0.2, 0.25) is 0 Å². The summed E-state index contributed by atoms with van der Waals surface area (Å²) < 4.78 is 19.4. The molecule has 1 aliphatic rings. The van der Waals surface area contributed by atoms with E-state index in [0.29, 0.717) is 17.5 Å². The van der Waals surface area contributed by atoms with Crippen molar-refractivity contribution in [2.45, 2.75) is 6.92 Å². The first-order valence-electron chi connectivity index (χ1n) is 6.20. The number of furan rings is 1. The summed E-state index contributed by atoms with van der Waals surface area (Å²) in [6.45, 7) is 4.32. The molecule has 0 spiro atoms. The molecule has 1 N–H and O–H groups in total. The zero-order chi connectivity index (χ0) is 13.4. The van der Waals surface area contributed by atoms with Gasteiger partial charge in [-0.3, -0.25) is 0 Å². The minimum atomic E-state index is -0.411. The molecule has 2 aromatic rings. The minimum absolute atomic E-state index is 0. The maximum absolute atomic E-state index is 13.9. The second-order valence-electron chi connectivity index (χ2n) is 4.52. The van der Waals surface area contributed by atoms with Crippen LogP contribution in [0.2, 0.25) is 5.02 Å². The standard InChI is InChI=1S/C14H14ClFN2O.ClH/c1-2-9-8-18(5-4-17-9)12-7-11(16)13(15)10-3-6-19-14(10)12;/h2-3,6-7,17H,4-5,8H2,1H3;1H/b9-2+;. The van der Waals surface area contributed by atoms with Crippen molar-refractivity contribution in [1.29, 1.82) is 0 Å². The number of nitrogens with zero attached hydrogens (tertiary/aromatic N) is 1. The third-order valence-corrected chi connectivity index (χ3v) is 3.78. The Bertz CT molecular complexity index is 654. The number of hydrogen-bond donors (Lipinski definition) is 1. The largest absolute Gasteiger partial charge is 0.462 e. The molecule has 0 radical (unpaired) electrons. The number of allylic oxidation sites excluding steroid dienone is 1. The molecule has 0 unspecified atom stereocenters. The van der Waals surface area contributed by atoms with Crippen molar-refractivity contribution in [3.63, 3.8) is 0 Å². The molecule has 1 aromatic carbocycles. The summed E-state index contributed by atoms with van der Waals surface area (Å²) in [6.07, 6.45) is 3.57. The van der Waals surface area contributed by atoms with Gasteiger partial charge in [-0.2, -0.15) is 0 Å². The molecule has 20 heavy (non-hydrogen) atoms. The number of halogens is 3. The quantitative estimate of drug-likeness (QED) is 0.863. The van der Waals surface area contributed by atoms with Crippen LogP contribution in [0.1, 0.15) is 6.92 Å². The van der Waals surface area contributed by atoms with E-state index in [4.69, 9.17) is 16.0 Å². The van der Waals surface area contributed by atoms with Crippen molar-refractivity contribution in [2.24, 2.45) is 0 Å². The van der Waals surface area contributed by atoms with Crippen LogP contribution in [0.3, 0.4) is 0 Å². The lowest BCUT2D eigenvalue weighted by atomic mass is 10.1. The van der Waals surface area contributed by atoms with E-state index in [1.807, 2.05) is 13.0 Å². The van der Waals surface area contributed by atoms with Crippen LogP contribution in [0.25, 0.3) is 11.0 Å². The highest BCUT2D eigenvalue weighted by atomic mass is 35.5. The number of benzene rings is 1. The lowest BCUT2D eigenvalue weighted by molar-refractivity contribution is 0.599. The maximum atomic E-state index is 13.9. The summed E-state index contributed by atoms with van der Waals surface area (Å²) in [4.78, 5) is 2.09. The van der Waals surface area contributed by atoms with Gasteiger partial charge in [-0.15, -0.1) is 12.4 Å². The summed E-state index contributed by atoms with van der Waals surface area (Å²) in [5.74, 6) is -0.411. The van der Waals surface area contributed by atoms with E-state index in [1.165, 1.54) is 12.3 Å². The fourth-order valence-electron chi connectivity index (χ4n) is 2.38. The van der Waals surface area contributed by atoms with Crippen molar-refractivity contribution in [3.05, 3.63) is 41.0 Å². The third kappa shape index (κ3) is 2.45. The summed E-state index contributed by atoms with van der Waals surface area (Å²) in [7, 11) is 0. The maximum Gasteiger partial charge on any atom is 0.158 e. The van der Waals surface area contributed by atoms with E-state index in [9.17, 15) is 4.39 Å². The average molecular weight is 317 g/mol. The SMILES string of the molecule is C/C=C1\CN(c2cc(F)c(Cl)c3ccoc23)CCN1.Cl. The van der Waals surface area contributed by atoms with Crippen LogP contribution in [0.5, 0.6) is 0 Å². The van der Waals surface area contributed by atoms with Crippen LogP contribution >= 0.6 is 24.0 Å². The van der Waals surface area contributed by atoms with E-state index in [1.54, 1.807) is 6.07 Å². The lowest BCUT2D eigenvalue weighted by Gasteiger charge is -2.31. The predicted molar refractivity (Wildman–Crippen MR) is 82.4 cm³/mol. The highest BCUT2D eigenvalue weighted by molar-refractivity contribution is 6.36. The van der Waals surface area contributed by atoms with Gasteiger partial charge in [0.25, 0.3) is 0 Å². The van der Waals surface area contributed by atoms with Crippen molar-refractivity contribution >= 4 is 40.7 Å². The molecule has 108 valence electrons. The molecular weight excluding hydrogens is 302 g/mol. The zero-order valence-electron chi connectivity index (χ0n) is 11.0. The Morgan fingerprint density at radius 2 is 2.30 bits per heavy atom. The molecule has 1 saturated heterocycles. The van der Waals surface area contributed by atoms with E-state index in [0.717, 1.165) is 24.5 Å². The minimum Gasteiger partial charge on any atom is -0.462 e. The average Bonchev–Trinajstić information content (AvgIpc) is 2.92. The monoisotopic (exact) mass is 316 g/mol. The van der Waals surface area contributed by atoms with Crippen LogP contribution in [-0.4, -0.2) is 19.6 Å². The van der Waals surface area contributed by atoms with Crippen LogP contribution in [0.4, 0.5) is 10.1 Å².